The predicted molar refractivity (Wildman–Crippen MR) is 82.0 cm³/mol. The number of hydrogen-bond donors (Lipinski definition) is 2. The Labute approximate surface area is 117 Å². The fraction of sp³-hybridized carbons (Fsp3) is 0. The molecule has 0 radical (unpaired) electrons. The van der Waals surface area contributed by atoms with Crippen LogP contribution in [0.25, 0.3) is 21.5 Å². The van der Waals surface area contributed by atoms with Crippen molar-refractivity contribution in [2.45, 2.75) is 0 Å². The lowest BCUT2D eigenvalue weighted by Crippen LogP contribution is -1.74. The van der Waals surface area contributed by atoms with E-state index >= 15 is 0 Å². The van der Waals surface area contributed by atoms with Crippen LogP contribution in [0.2, 0.25) is 0 Å². The zero-order chi connectivity index (χ0) is 15.0. The van der Waals surface area contributed by atoms with E-state index in [0.717, 1.165) is 0 Å². The van der Waals surface area contributed by atoms with E-state index in [9.17, 15) is 0 Å². The van der Waals surface area contributed by atoms with Gasteiger partial charge in [0.25, 0.3) is 0 Å². The number of rotatable bonds is 0. The second-order valence-electron chi connectivity index (χ2n) is 3.83. The van der Waals surface area contributed by atoms with Crippen LogP contribution in [0.3, 0.4) is 0 Å². The van der Waals surface area contributed by atoms with Crippen molar-refractivity contribution in [2.24, 2.45) is 0 Å². The molecule has 0 aliphatic rings. The molecule has 0 saturated carbocycles. The number of fused-ring (bicyclic) bond motifs is 2. The molecule has 0 spiro atoms. The summed E-state index contributed by atoms with van der Waals surface area (Å²) in [6.07, 6.45) is 0. The van der Waals surface area contributed by atoms with Crippen LogP contribution in [-0.2, 0) is 9.36 Å². The molecule has 0 heterocycles. The number of carbonyl (C=O) groups excluding carboxylic acids is 1. The van der Waals surface area contributed by atoms with Gasteiger partial charge in [-0.3, -0.25) is 4.57 Å². The summed E-state index contributed by atoms with van der Waals surface area (Å²) in [6, 6.07) is 21.4. The van der Waals surface area contributed by atoms with Crippen molar-refractivity contribution in [1.29, 1.82) is 0 Å². The predicted octanol–water partition coefficient (Wildman–Crippen LogP) is 3.17. The van der Waals surface area contributed by atoms with Gasteiger partial charge in [-0.2, -0.15) is 0 Å². The van der Waals surface area contributed by atoms with Crippen molar-refractivity contribution in [1.82, 2.24) is 0 Å². The van der Waals surface area contributed by atoms with Crippen LogP contribution >= 0.6 is 8.25 Å². The molecule has 2 N–H and O–H groups in total. The van der Waals surface area contributed by atoms with Crippen molar-refractivity contribution in [3.05, 3.63) is 60.7 Å². The van der Waals surface area contributed by atoms with E-state index in [4.69, 9.17) is 19.1 Å². The topological polar surface area (TPSA) is 74.6 Å². The van der Waals surface area contributed by atoms with Gasteiger partial charge in [-0.15, -0.1) is 0 Å². The minimum absolute atomic E-state index is 1.31. The van der Waals surface area contributed by atoms with Gasteiger partial charge in [0.05, 0.1) is 0 Å². The average Bonchev–Trinajstić information content (AvgIpc) is 2.46. The second kappa shape index (κ2) is 8.23. The van der Waals surface area contributed by atoms with Crippen LogP contribution in [0, 0.1) is 0 Å². The Hall–Kier alpha value is -2.00. The minimum atomic E-state index is -3.13. The molecular weight excluding hydrogens is 275 g/mol. The van der Waals surface area contributed by atoms with Crippen LogP contribution in [0.5, 0.6) is 0 Å². The summed E-state index contributed by atoms with van der Waals surface area (Å²) >= 11 is 0. The van der Waals surface area contributed by atoms with Crippen LogP contribution in [0.15, 0.2) is 60.7 Å². The van der Waals surface area contributed by atoms with Gasteiger partial charge >= 0.3 is 8.25 Å². The zero-order valence-electron chi connectivity index (χ0n) is 10.7. The number of carbonyl (C=O) groups is 1. The quantitative estimate of drug-likeness (QED) is 0.492. The Morgan fingerprint density at radius 1 is 0.700 bits per heavy atom. The lowest BCUT2D eigenvalue weighted by atomic mass is 10.0. The first kappa shape index (κ1) is 16.1. The van der Waals surface area contributed by atoms with Crippen molar-refractivity contribution in [2.75, 3.05) is 0 Å². The molecule has 0 saturated heterocycles. The highest BCUT2D eigenvalue weighted by molar-refractivity contribution is 7.30. The molecule has 0 amide bonds. The van der Waals surface area contributed by atoms with E-state index in [1.165, 1.54) is 21.5 Å². The summed E-state index contributed by atoms with van der Waals surface area (Å²) < 4.78 is 8.74. The summed E-state index contributed by atoms with van der Waals surface area (Å²) in [4.78, 5) is 22.3. The van der Waals surface area contributed by atoms with E-state index in [1.807, 2.05) is 6.79 Å². The van der Waals surface area contributed by atoms with Crippen molar-refractivity contribution in [3.8, 4) is 0 Å². The lowest BCUT2D eigenvalue weighted by Gasteiger charge is -2.00. The highest BCUT2D eigenvalue weighted by atomic mass is 31.1. The Bertz CT molecular complexity index is 603. The smallest absolute Gasteiger partial charge is 0.314 e. The minimum Gasteiger partial charge on any atom is -0.326 e. The van der Waals surface area contributed by atoms with Gasteiger partial charge in [-0.25, -0.2) is 0 Å². The highest BCUT2D eigenvalue weighted by Crippen LogP contribution is 2.21. The normalized spacial score (nSPS) is 9.55. The number of benzene rings is 3. The Balaban J connectivity index is 0.000000291. The molecule has 0 fully saturated rings. The Morgan fingerprint density at radius 2 is 0.900 bits per heavy atom. The maximum absolute atomic E-state index is 8.74. The van der Waals surface area contributed by atoms with Crippen LogP contribution in [-0.4, -0.2) is 16.6 Å². The van der Waals surface area contributed by atoms with E-state index in [1.54, 1.807) is 0 Å². The standard InChI is InChI=1S/C14H10.CH2O.H3O3P/c1-2-6-12-10-14-8-4-3-7-13(14)9-11(12)5-1;1-2;1-4(2)3/h1-10H;1H2;4H,(H2,1,2,3). The van der Waals surface area contributed by atoms with Gasteiger partial charge < -0.3 is 14.6 Å². The monoisotopic (exact) mass is 290 g/mol. The Morgan fingerprint density at radius 3 is 1.10 bits per heavy atom. The fourth-order valence-corrected chi connectivity index (χ4v) is 1.88. The summed E-state index contributed by atoms with van der Waals surface area (Å²) in [5.41, 5.74) is 0. The van der Waals surface area contributed by atoms with Gasteiger partial charge in [-0.1, -0.05) is 48.5 Å². The maximum Gasteiger partial charge on any atom is 0.314 e. The van der Waals surface area contributed by atoms with Crippen LogP contribution < -0.4 is 0 Å². The fourth-order valence-electron chi connectivity index (χ4n) is 1.88. The molecule has 3 aromatic rings. The van der Waals surface area contributed by atoms with E-state index in [-0.39, 0.29) is 0 Å². The zero-order valence-corrected chi connectivity index (χ0v) is 11.7. The molecule has 0 bridgehead atoms. The van der Waals surface area contributed by atoms with E-state index in [0.29, 0.717) is 0 Å². The molecule has 104 valence electrons. The van der Waals surface area contributed by atoms with Gasteiger partial charge in [0.15, 0.2) is 0 Å². The van der Waals surface area contributed by atoms with Crippen LogP contribution in [0.4, 0.5) is 0 Å². The van der Waals surface area contributed by atoms with Crippen molar-refractivity contribution >= 4 is 36.6 Å². The third kappa shape index (κ3) is 4.59. The molecule has 0 unspecified atom stereocenters. The molecule has 5 heteroatoms. The van der Waals surface area contributed by atoms with Gasteiger partial charge in [0.2, 0.25) is 0 Å². The van der Waals surface area contributed by atoms with E-state index < -0.39 is 8.25 Å². The van der Waals surface area contributed by atoms with Crippen molar-refractivity contribution in [3.63, 3.8) is 0 Å². The molecule has 3 aromatic carbocycles. The Kier molecular flexibility index (Phi) is 6.60. The summed E-state index contributed by atoms with van der Waals surface area (Å²) in [6.45, 7) is 2.00. The summed E-state index contributed by atoms with van der Waals surface area (Å²) in [5.74, 6) is 0. The van der Waals surface area contributed by atoms with Crippen molar-refractivity contribution < 1.29 is 19.1 Å². The molecule has 0 aliphatic heterocycles. The molecule has 0 atom stereocenters. The molecule has 3 rings (SSSR count). The average molecular weight is 290 g/mol. The third-order valence-electron chi connectivity index (χ3n) is 2.61. The van der Waals surface area contributed by atoms with Crippen LogP contribution in [0.1, 0.15) is 0 Å². The molecule has 0 aromatic heterocycles. The molecule has 4 nitrogen and oxygen atoms in total. The van der Waals surface area contributed by atoms with Gasteiger partial charge in [0, 0.05) is 0 Å². The highest BCUT2D eigenvalue weighted by Gasteiger charge is 1.95. The third-order valence-corrected chi connectivity index (χ3v) is 2.61. The number of hydrogen-bond acceptors (Lipinski definition) is 2. The summed E-state index contributed by atoms with van der Waals surface area (Å²) in [7, 11) is -3.13. The first-order chi connectivity index (χ1) is 9.66. The van der Waals surface area contributed by atoms with Gasteiger partial charge in [0.1, 0.15) is 6.79 Å². The second-order valence-corrected chi connectivity index (χ2v) is 4.39. The first-order valence-electron chi connectivity index (χ1n) is 5.75. The van der Waals surface area contributed by atoms with Gasteiger partial charge in [-0.05, 0) is 33.7 Å². The van der Waals surface area contributed by atoms with E-state index in [2.05, 4.69) is 60.7 Å². The largest absolute Gasteiger partial charge is 0.326 e. The molecule has 0 aliphatic carbocycles. The molecular formula is C15H15O4P. The molecule has 20 heavy (non-hydrogen) atoms. The lowest BCUT2D eigenvalue weighted by molar-refractivity contribution is -0.0979. The maximum atomic E-state index is 8.74. The summed E-state index contributed by atoms with van der Waals surface area (Å²) in [5, 5.41) is 5.25. The SMILES string of the molecule is C=O.O=[PH](O)O.c1ccc2cc3ccccc3cc2c1. The first-order valence-corrected chi connectivity index (χ1v) is 7.05.